The van der Waals surface area contributed by atoms with Gasteiger partial charge in [0.1, 0.15) is 5.82 Å². The fourth-order valence-electron chi connectivity index (χ4n) is 1.90. The second kappa shape index (κ2) is 5.26. The molecule has 98 valence electrons. The van der Waals surface area contributed by atoms with Crippen molar-refractivity contribution < 1.29 is 4.79 Å². The van der Waals surface area contributed by atoms with E-state index in [1.807, 2.05) is 11.4 Å². The largest absolute Gasteiger partial charge is 0.351 e. The summed E-state index contributed by atoms with van der Waals surface area (Å²) in [6.45, 7) is 1.55. The van der Waals surface area contributed by atoms with Crippen LogP contribution in [0.3, 0.4) is 0 Å². The van der Waals surface area contributed by atoms with E-state index in [1.54, 1.807) is 18.6 Å². The Morgan fingerprint density at radius 1 is 1.47 bits per heavy atom. The third-order valence-electron chi connectivity index (χ3n) is 2.88. The Morgan fingerprint density at radius 3 is 2.95 bits per heavy atom. The summed E-state index contributed by atoms with van der Waals surface area (Å²) in [6, 6.07) is 2.01. The molecule has 1 saturated heterocycles. The van der Waals surface area contributed by atoms with Crippen LogP contribution >= 0.6 is 27.3 Å². The van der Waals surface area contributed by atoms with Crippen molar-refractivity contribution in [2.75, 3.05) is 18.0 Å². The normalized spacial score (nSPS) is 15.1. The molecule has 0 unspecified atom stereocenters. The topological polar surface area (TPSA) is 58.1 Å². The van der Waals surface area contributed by atoms with Crippen molar-refractivity contribution in [3.8, 4) is 0 Å². The molecule has 0 atom stereocenters. The number of hydrogen-bond acceptors (Lipinski definition) is 5. The van der Waals surface area contributed by atoms with Crippen molar-refractivity contribution in [3.63, 3.8) is 0 Å². The molecule has 7 heteroatoms. The molecule has 1 amide bonds. The van der Waals surface area contributed by atoms with Crippen LogP contribution in [0, 0.1) is 0 Å². The number of amides is 1. The zero-order chi connectivity index (χ0) is 13.2. The lowest BCUT2D eigenvalue weighted by Crippen LogP contribution is -2.59. The molecule has 0 saturated carbocycles. The lowest BCUT2D eigenvalue weighted by molar-refractivity contribution is 0.0934. The molecule has 1 aliphatic rings. The quantitative estimate of drug-likeness (QED) is 0.928. The Bertz CT molecular complexity index is 582. The molecule has 0 bridgehead atoms. The molecule has 3 rings (SSSR count). The van der Waals surface area contributed by atoms with E-state index in [4.69, 9.17) is 0 Å². The van der Waals surface area contributed by atoms with Crippen LogP contribution in [0.25, 0.3) is 0 Å². The highest BCUT2D eigenvalue weighted by molar-refractivity contribution is 9.10. The summed E-state index contributed by atoms with van der Waals surface area (Å²) in [7, 11) is 0. The third-order valence-corrected chi connectivity index (χ3v) is 4.57. The summed E-state index contributed by atoms with van der Waals surface area (Å²) < 4.78 is 0.942. The fourth-order valence-corrected chi connectivity index (χ4v) is 3.23. The predicted molar refractivity (Wildman–Crippen MR) is 77.5 cm³/mol. The van der Waals surface area contributed by atoms with Crippen LogP contribution in [0.5, 0.6) is 0 Å². The maximum absolute atomic E-state index is 11.9. The molecule has 2 aromatic rings. The molecule has 0 aromatic carbocycles. The molecule has 1 fully saturated rings. The van der Waals surface area contributed by atoms with Gasteiger partial charge >= 0.3 is 0 Å². The van der Waals surface area contributed by atoms with Gasteiger partial charge in [-0.25, -0.2) is 4.98 Å². The molecule has 1 N–H and O–H groups in total. The van der Waals surface area contributed by atoms with Crippen molar-refractivity contribution in [1.29, 1.82) is 0 Å². The van der Waals surface area contributed by atoms with Crippen molar-refractivity contribution in [2.45, 2.75) is 6.04 Å². The number of anilines is 1. The van der Waals surface area contributed by atoms with Crippen LogP contribution in [0.2, 0.25) is 0 Å². The first-order valence-electron chi connectivity index (χ1n) is 5.78. The van der Waals surface area contributed by atoms with Crippen LogP contribution < -0.4 is 10.2 Å². The van der Waals surface area contributed by atoms with E-state index >= 15 is 0 Å². The van der Waals surface area contributed by atoms with Gasteiger partial charge in [-0.3, -0.25) is 9.78 Å². The second-order valence-corrected chi connectivity index (χ2v) is 6.10. The zero-order valence-corrected chi connectivity index (χ0v) is 12.3. The minimum atomic E-state index is -0.0144. The van der Waals surface area contributed by atoms with Gasteiger partial charge in [-0.2, -0.15) is 0 Å². The number of carbonyl (C=O) groups is 1. The Labute approximate surface area is 122 Å². The first kappa shape index (κ1) is 12.6. The number of aromatic nitrogens is 2. The Balaban J connectivity index is 1.53. The third kappa shape index (κ3) is 2.76. The molecule has 5 nitrogen and oxygen atoms in total. The highest BCUT2D eigenvalue weighted by atomic mass is 79.9. The van der Waals surface area contributed by atoms with E-state index in [9.17, 15) is 4.79 Å². The van der Waals surface area contributed by atoms with Gasteiger partial charge < -0.3 is 10.2 Å². The van der Waals surface area contributed by atoms with Crippen LogP contribution in [-0.2, 0) is 0 Å². The smallest absolute Gasteiger partial charge is 0.261 e. The minimum Gasteiger partial charge on any atom is -0.351 e. The summed E-state index contributed by atoms with van der Waals surface area (Å²) in [5.74, 6) is 0.839. The first-order chi connectivity index (χ1) is 9.22. The number of hydrogen-bond donors (Lipinski definition) is 1. The number of halogens is 1. The van der Waals surface area contributed by atoms with Gasteiger partial charge in [-0.15, -0.1) is 11.3 Å². The first-order valence-corrected chi connectivity index (χ1v) is 7.45. The Hall–Kier alpha value is -1.47. The van der Waals surface area contributed by atoms with Crippen molar-refractivity contribution >= 4 is 39.0 Å². The van der Waals surface area contributed by atoms with Crippen LogP contribution in [0.15, 0.2) is 34.5 Å². The van der Waals surface area contributed by atoms with E-state index in [0.29, 0.717) is 0 Å². The average Bonchev–Trinajstić information content (AvgIpc) is 2.81. The van der Waals surface area contributed by atoms with Gasteiger partial charge in [-0.1, -0.05) is 0 Å². The van der Waals surface area contributed by atoms with Crippen molar-refractivity contribution in [3.05, 3.63) is 39.4 Å². The summed E-state index contributed by atoms with van der Waals surface area (Å²) in [5.41, 5.74) is 0. The zero-order valence-electron chi connectivity index (χ0n) is 9.91. The number of rotatable bonds is 3. The summed E-state index contributed by atoms with van der Waals surface area (Å²) >= 11 is 4.78. The summed E-state index contributed by atoms with van der Waals surface area (Å²) in [4.78, 5) is 23.0. The van der Waals surface area contributed by atoms with Crippen molar-refractivity contribution in [1.82, 2.24) is 15.3 Å². The monoisotopic (exact) mass is 338 g/mol. The maximum Gasteiger partial charge on any atom is 0.261 e. The van der Waals surface area contributed by atoms with E-state index in [0.717, 1.165) is 28.3 Å². The fraction of sp³-hybridized carbons (Fsp3) is 0.250. The Morgan fingerprint density at radius 2 is 2.32 bits per heavy atom. The van der Waals surface area contributed by atoms with Gasteiger partial charge in [0.15, 0.2) is 0 Å². The highest BCUT2D eigenvalue weighted by Crippen LogP contribution is 2.21. The lowest BCUT2D eigenvalue weighted by atomic mass is 10.1. The van der Waals surface area contributed by atoms with Gasteiger partial charge in [0.2, 0.25) is 0 Å². The molecule has 3 heterocycles. The molecule has 1 aliphatic heterocycles. The van der Waals surface area contributed by atoms with Gasteiger partial charge in [0.25, 0.3) is 5.91 Å². The van der Waals surface area contributed by atoms with Crippen LogP contribution in [0.4, 0.5) is 5.82 Å². The van der Waals surface area contributed by atoms with E-state index in [2.05, 4.69) is 36.1 Å². The number of thiophene rings is 1. The summed E-state index contributed by atoms with van der Waals surface area (Å²) in [5, 5.41) is 4.91. The molecule has 19 heavy (non-hydrogen) atoms. The van der Waals surface area contributed by atoms with Gasteiger partial charge in [0.05, 0.1) is 17.1 Å². The van der Waals surface area contributed by atoms with Crippen molar-refractivity contribution in [2.24, 2.45) is 0 Å². The van der Waals surface area contributed by atoms with Crippen LogP contribution in [-0.4, -0.2) is 35.0 Å². The molecule has 0 aliphatic carbocycles. The highest BCUT2D eigenvalue weighted by Gasteiger charge is 2.29. The van der Waals surface area contributed by atoms with Crippen LogP contribution in [0.1, 0.15) is 9.67 Å². The maximum atomic E-state index is 11.9. The van der Waals surface area contributed by atoms with Gasteiger partial charge in [0, 0.05) is 35.3 Å². The molecule has 2 aromatic heterocycles. The number of carbonyl (C=O) groups excluding carboxylic acids is 1. The predicted octanol–water partition coefficient (Wildman–Crippen LogP) is 1.92. The number of nitrogens with zero attached hydrogens (tertiary/aromatic N) is 3. The molecular weight excluding hydrogens is 328 g/mol. The average molecular weight is 339 g/mol. The molecule has 0 spiro atoms. The second-order valence-electron chi connectivity index (χ2n) is 4.27. The van der Waals surface area contributed by atoms with Gasteiger partial charge in [-0.05, 0) is 22.0 Å². The van der Waals surface area contributed by atoms with E-state index in [1.165, 1.54) is 11.3 Å². The minimum absolute atomic E-state index is 0.0144. The molecule has 0 radical (unpaired) electrons. The SMILES string of the molecule is O=C(NC1CN(c2cnccn2)C1)c1cc(Br)cs1. The standard InChI is InChI=1S/C12H11BrN4OS/c13-8-3-10(19-7-8)12(18)16-9-5-17(6-9)11-4-14-1-2-15-11/h1-4,7,9H,5-6H2,(H,16,18). The summed E-state index contributed by atoms with van der Waals surface area (Å²) in [6.07, 6.45) is 5.05. The molecular formula is C12H11BrN4OS. The number of nitrogens with one attached hydrogen (secondary N) is 1. The lowest BCUT2D eigenvalue weighted by Gasteiger charge is -2.40. The van der Waals surface area contributed by atoms with E-state index < -0.39 is 0 Å². The van der Waals surface area contributed by atoms with E-state index in [-0.39, 0.29) is 11.9 Å². The Kier molecular flexibility index (Phi) is 3.48.